The molecule has 136 valence electrons. The van der Waals surface area contributed by atoms with E-state index in [-0.39, 0.29) is 17.3 Å². The number of benzene rings is 1. The standard InChI is InChI=1S/C21H24N2O3/c1-13(19(24)23-18-4-2-3-14(8-18)12-22)26-20(25)21-9-15-5-16(10-21)7-17(6-15)11-21/h2-4,8,13,15-17H,5-7,9-11H2,1H3,(H,23,24). The van der Waals surface area contributed by atoms with Crippen LogP contribution in [-0.2, 0) is 14.3 Å². The first-order chi connectivity index (χ1) is 12.5. The van der Waals surface area contributed by atoms with E-state index in [0.29, 0.717) is 29.0 Å². The van der Waals surface area contributed by atoms with Crippen molar-refractivity contribution in [3.63, 3.8) is 0 Å². The molecule has 4 aliphatic carbocycles. The molecule has 0 aliphatic heterocycles. The van der Waals surface area contributed by atoms with E-state index < -0.39 is 6.10 Å². The minimum absolute atomic E-state index is 0.190. The third-order valence-electron chi connectivity index (χ3n) is 6.38. The number of nitriles is 1. The predicted molar refractivity (Wildman–Crippen MR) is 95.9 cm³/mol. The number of rotatable bonds is 4. The number of amides is 1. The molecule has 26 heavy (non-hydrogen) atoms. The van der Waals surface area contributed by atoms with E-state index in [1.807, 2.05) is 6.07 Å². The van der Waals surface area contributed by atoms with E-state index >= 15 is 0 Å². The van der Waals surface area contributed by atoms with Gasteiger partial charge in [0, 0.05) is 5.69 Å². The highest BCUT2D eigenvalue weighted by atomic mass is 16.5. The monoisotopic (exact) mass is 352 g/mol. The molecule has 4 saturated carbocycles. The van der Waals surface area contributed by atoms with Gasteiger partial charge in [-0.15, -0.1) is 0 Å². The summed E-state index contributed by atoms with van der Waals surface area (Å²) >= 11 is 0. The summed E-state index contributed by atoms with van der Waals surface area (Å²) in [4.78, 5) is 25.3. The summed E-state index contributed by atoms with van der Waals surface area (Å²) in [6.07, 6.45) is 5.72. The highest BCUT2D eigenvalue weighted by Crippen LogP contribution is 2.60. The summed E-state index contributed by atoms with van der Waals surface area (Å²) in [5.74, 6) is 1.42. The predicted octanol–water partition coefficient (Wildman–Crippen LogP) is 3.64. The van der Waals surface area contributed by atoms with Crippen LogP contribution in [0.15, 0.2) is 24.3 Å². The van der Waals surface area contributed by atoms with E-state index in [9.17, 15) is 9.59 Å². The minimum atomic E-state index is -0.846. The van der Waals surface area contributed by atoms with Gasteiger partial charge < -0.3 is 10.1 Å². The summed E-state index contributed by atoms with van der Waals surface area (Å²) in [6, 6.07) is 8.74. The zero-order chi connectivity index (χ0) is 18.3. The lowest BCUT2D eigenvalue weighted by molar-refractivity contribution is -0.177. The van der Waals surface area contributed by atoms with Crippen molar-refractivity contribution in [3.05, 3.63) is 29.8 Å². The van der Waals surface area contributed by atoms with E-state index in [2.05, 4.69) is 5.32 Å². The molecular weight excluding hydrogens is 328 g/mol. The maximum Gasteiger partial charge on any atom is 0.312 e. The summed E-state index contributed by atoms with van der Waals surface area (Å²) in [5, 5.41) is 11.7. The van der Waals surface area contributed by atoms with Crippen LogP contribution in [0.25, 0.3) is 0 Å². The van der Waals surface area contributed by atoms with Crippen LogP contribution in [0.1, 0.15) is 51.0 Å². The molecule has 1 aromatic carbocycles. The zero-order valence-corrected chi connectivity index (χ0v) is 15.0. The van der Waals surface area contributed by atoms with Gasteiger partial charge in [-0.3, -0.25) is 9.59 Å². The van der Waals surface area contributed by atoms with Gasteiger partial charge in [0.05, 0.1) is 17.0 Å². The normalized spacial score (nSPS) is 32.5. The number of nitrogens with zero attached hydrogens (tertiary/aromatic N) is 1. The van der Waals surface area contributed by atoms with Crippen molar-refractivity contribution in [2.45, 2.75) is 51.6 Å². The zero-order valence-electron chi connectivity index (χ0n) is 15.0. The van der Waals surface area contributed by atoms with Gasteiger partial charge in [-0.25, -0.2) is 0 Å². The quantitative estimate of drug-likeness (QED) is 0.839. The van der Waals surface area contributed by atoms with Crippen molar-refractivity contribution in [2.75, 3.05) is 5.32 Å². The average Bonchev–Trinajstić information content (AvgIpc) is 2.60. The number of carbonyl (C=O) groups is 2. The molecule has 0 spiro atoms. The molecule has 4 fully saturated rings. The van der Waals surface area contributed by atoms with E-state index in [4.69, 9.17) is 10.00 Å². The van der Waals surface area contributed by atoms with Crippen LogP contribution in [-0.4, -0.2) is 18.0 Å². The lowest BCUT2D eigenvalue weighted by Crippen LogP contribution is -2.51. The Kier molecular flexibility index (Phi) is 4.22. The molecule has 5 heteroatoms. The third kappa shape index (κ3) is 3.09. The Morgan fingerprint density at radius 1 is 1.19 bits per heavy atom. The molecule has 0 radical (unpaired) electrons. The highest BCUT2D eigenvalue weighted by molar-refractivity contribution is 5.95. The first-order valence-corrected chi connectivity index (χ1v) is 9.49. The average molecular weight is 352 g/mol. The first-order valence-electron chi connectivity index (χ1n) is 9.49. The maximum atomic E-state index is 12.9. The SMILES string of the molecule is CC(OC(=O)C12CC3CC(CC(C3)C1)C2)C(=O)Nc1cccc(C#N)c1. The molecule has 4 bridgehead atoms. The number of nitrogens with one attached hydrogen (secondary N) is 1. The number of ether oxygens (including phenoxy) is 1. The lowest BCUT2D eigenvalue weighted by atomic mass is 9.49. The Hall–Kier alpha value is -2.35. The van der Waals surface area contributed by atoms with Crippen molar-refractivity contribution < 1.29 is 14.3 Å². The summed E-state index contributed by atoms with van der Waals surface area (Å²) in [6.45, 7) is 1.61. The van der Waals surface area contributed by atoms with Gasteiger partial charge in [0.25, 0.3) is 5.91 Å². The second-order valence-corrected chi connectivity index (χ2v) is 8.43. The number of carbonyl (C=O) groups excluding carboxylic acids is 2. The Morgan fingerprint density at radius 3 is 2.38 bits per heavy atom. The van der Waals surface area contributed by atoms with Crippen molar-refractivity contribution in [1.82, 2.24) is 0 Å². The second kappa shape index (κ2) is 6.42. The first kappa shape index (κ1) is 17.1. The molecule has 1 N–H and O–H groups in total. The van der Waals surface area contributed by atoms with Crippen LogP contribution in [0.5, 0.6) is 0 Å². The van der Waals surface area contributed by atoms with Crippen LogP contribution in [0, 0.1) is 34.5 Å². The van der Waals surface area contributed by atoms with Gasteiger partial charge in [0.2, 0.25) is 0 Å². The fourth-order valence-corrected chi connectivity index (χ4v) is 5.61. The number of hydrogen-bond donors (Lipinski definition) is 1. The van der Waals surface area contributed by atoms with E-state index in [1.54, 1.807) is 31.2 Å². The highest BCUT2D eigenvalue weighted by Gasteiger charge is 2.55. The Balaban J connectivity index is 1.39. The fraction of sp³-hybridized carbons (Fsp3) is 0.571. The number of anilines is 1. The van der Waals surface area contributed by atoms with Gasteiger partial charge in [-0.2, -0.15) is 5.26 Å². The van der Waals surface area contributed by atoms with Crippen molar-refractivity contribution in [1.29, 1.82) is 5.26 Å². The summed E-state index contributed by atoms with van der Waals surface area (Å²) in [7, 11) is 0. The molecule has 5 rings (SSSR count). The molecular formula is C21H24N2O3. The van der Waals surface area contributed by atoms with E-state index in [1.165, 1.54) is 19.3 Å². The van der Waals surface area contributed by atoms with Gasteiger partial charge in [0.1, 0.15) is 0 Å². The largest absolute Gasteiger partial charge is 0.452 e. The van der Waals surface area contributed by atoms with Crippen LogP contribution in [0.4, 0.5) is 5.69 Å². The van der Waals surface area contributed by atoms with Crippen LogP contribution >= 0.6 is 0 Å². The van der Waals surface area contributed by atoms with E-state index in [0.717, 1.165) is 19.3 Å². The fourth-order valence-electron chi connectivity index (χ4n) is 5.61. The maximum absolute atomic E-state index is 12.9. The van der Waals surface area contributed by atoms with Crippen LogP contribution in [0.3, 0.4) is 0 Å². The Morgan fingerprint density at radius 2 is 1.81 bits per heavy atom. The smallest absolute Gasteiger partial charge is 0.312 e. The molecule has 1 amide bonds. The number of esters is 1. The van der Waals surface area contributed by atoms with Gasteiger partial charge >= 0.3 is 5.97 Å². The number of hydrogen-bond acceptors (Lipinski definition) is 4. The van der Waals surface area contributed by atoms with Gasteiger partial charge in [-0.05, 0) is 81.4 Å². The molecule has 5 nitrogen and oxygen atoms in total. The molecule has 0 aromatic heterocycles. The molecule has 0 heterocycles. The van der Waals surface area contributed by atoms with Crippen LogP contribution < -0.4 is 5.32 Å². The Bertz CT molecular complexity index is 744. The van der Waals surface area contributed by atoms with Crippen molar-refractivity contribution in [3.8, 4) is 6.07 Å². The summed E-state index contributed by atoms with van der Waals surface area (Å²) < 4.78 is 5.61. The third-order valence-corrected chi connectivity index (χ3v) is 6.38. The molecule has 0 saturated heterocycles. The molecule has 4 aliphatic rings. The van der Waals surface area contributed by atoms with Gasteiger partial charge in [-0.1, -0.05) is 6.07 Å². The lowest BCUT2D eigenvalue weighted by Gasteiger charge is -2.55. The summed E-state index contributed by atoms with van der Waals surface area (Å²) in [5.41, 5.74) is 0.650. The van der Waals surface area contributed by atoms with Crippen molar-refractivity contribution >= 4 is 17.6 Å². The molecule has 1 atom stereocenters. The Labute approximate surface area is 153 Å². The molecule has 1 unspecified atom stereocenters. The topological polar surface area (TPSA) is 79.2 Å². The molecule has 1 aromatic rings. The van der Waals surface area contributed by atoms with Crippen molar-refractivity contribution in [2.24, 2.45) is 23.2 Å². The van der Waals surface area contributed by atoms with Gasteiger partial charge in [0.15, 0.2) is 6.10 Å². The van der Waals surface area contributed by atoms with Crippen LogP contribution in [0.2, 0.25) is 0 Å². The second-order valence-electron chi connectivity index (χ2n) is 8.43. The minimum Gasteiger partial charge on any atom is -0.452 e.